The molecule has 3 rings (SSSR count). The van der Waals surface area contributed by atoms with Gasteiger partial charge in [0.2, 0.25) is 0 Å². The third-order valence-corrected chi connectivity index (χ3v) is 3.73. The van der Waals surface area contributed by atoms with Crippen LogP contribution in [0.25, 0.3) is 10.9 Å². The lowest BCUT2D eigenvalue weighted by atomic mass is 10.2. The third kappa shape index (κ3) is 2.65. The van der Waals surface area contributed by atoms with Gasteiger partial charge in [0.1, 0.15) is 5.82 Å². The van der Waals surface area contributed by atoms with Crippen molar-refractivity contribution in [2.75, 3.05) is 17.2 Å². The van der Waals surface area contributed by atoms with Crippen molar-refractivity contribution in [2.45, 2.75) is 38.6 Å². The highest BCUT2D eigenvalue weighted by atomic mass is 15.2. The molecule has 0 radical (unpaired) electrons. The minimum atomic E-state index is 0.713. The predicted molar refractivity (Wildman–Crippen MR) is 81.4 cm³/mol. The number of nitrogens with two attached hydrogens (primary N) is 1. The average Bonchev–Trinajstić information content (AvgIpc) is 3.24. The van der Waals surface area contributed by atoms with Gasteiger partial charge in [0, 0.05) is 23.7 Å². The standard InChI is InChI=1S/C16H21N3/c1-2-3-10-19(14-6-7-14)16-9-4-12-11-13(17)5-8-15(12)18-16/h4-5,8-9,11,14H,2-3,6-7,10,17H2,1H3. The molecular weight excluding hydrogens is 234 g/mol. The van der Waals surface area contributed by atoms with Gasteiger partial charge in [-0.15, -0.1) is 0 Å². The minimum absolute atomic E-state index is 0.713. The molecule has 1 aromatic heterocycles. The Morgan fingerprint density at radius 2 is 2.11 bits per heavy atom. The van der Waals surface area contributed by atoms with E-state index in [-0.39, 0.29) is 0 Å². The maximum Gasteiger partial charge on any atom is 0.129 e. The molecule has 1 aliphatic carbocycles. The van der Waals surface area contributed by atoms with Crippen LogP contribution in [0.5, 0.6) is 0 Å². The van der Waals surface area contributed by atoms with E-state index in [1.54, 1.807) is 0 Å². The van der Waals surface area contributed by atoms with E-state index in [1.807, 2.05) is 18.2 Å². The van der Waals surface area contributed by atoms with Gasteiger partial charge in [-0.05, 0) is 49.6 Å². The highest BCUT2D eigenvalue weighted by Crippen LogP contribution is 2.32. The largest absolute Gasteiger partial charge is 0.399 e. The van der Waals surface area contributed by atoms with Crippen LogP contribution < -0.4 is 10.6 Å². The lowest BCUT2D eigenvalue weighted by Gasteiger charge is -2.23. The summed E-state index contributed by atoms with van der Waals surface area (Å²) in [5.74, 6) is 1.12. The number of nitrogens with zero attached hydrogens (tertiary/aromatic N) is 2. The fourth-order valence-corrected chi connectivity index (χ4v) is 2.49. The van der Waals surface area contributed by atoms with E-state index in [0.717, 1.165) is 29.0 Å². The van der Waals surface area contributed by atoms with Crippen molar-refractivity contribution in [1.29, 1.82) is 0 Å². The second-order valence-electron chi connectivity index (χ2n) is 5.40. The molecule has 1 heterocycles. The first-order valence-electron chi connectivity index (χ1n) is 7.21. The van der Waals surface area contributed by atoms with Gasteiger partial charge < -0.3 is 10.6 Å². The molecule has 1 fully saturated rings. The molecule has 0 amide bonds. The van der Waals surface area contributed by atoms with E-state index in [0.29, 0.717) is 6.04 Å². The molecule has 3 nitrogen and oxygen atoms in total. The van der Waals surface area contributed by atoms with Gasteiger partial charge in [-0.3, -0.25) is 0 Å². The number of hydrogen-bond acceptors (Lipinski definition) is 3. The van der Waals surface area contributed by atoms with Gasteiger partial charge in [-0.1, -0.05) is 13.3 Å². The zero-order valence-electron chi connectivity index (χ0n) is 11.5. The quantitative estimate of drug-likeness (QED) is 0.830. The Hall–Kier alpha value is -1.77. The zero-order chi connectivity index (χ0) is 13.2. The van der Waals surface area contributed by atoms with E-state index in [2.05, 4.69) is 24.0 Å². The number of pyridine rings is 1. The molecule has 0 atom stereocenters. The second-order valence-corrected chi connectivity index (χ2v) is 5.40. The van der Waals surface area contributed by atoms with Crippen LogP contribution in [0.2, 0.25) is 0 Å². The van der Waals surface area contributed by atoms with Gasteiger partial charge in [0.25, 0.3) is 0 Å². The van der Waals surface area contributed by atoms with Crippen LogP contribution >= 0.6 is 0 Å². The molecule has 0 bridgehead atoms. The molecule has 1 saturated carbocycles. The zero-order valence-corrected chi connectivity index (χ0v) is 11.5. The maximum atomic E-state index is 5.81. The number of aromatic nitrogens is 1. The molecule has 1 aliphatic rings. The van der Waals surface area contributed by atoms with Crippen molar-refractivity contribution in [3.63, 3.8) is 0 Å². The molecule has 0 spiro atoms. The summed E-state index contributed by atoms with van der Waals surface area (Å²) in [7, 11) is 0. The van der Waals surface area contributed by atoms with Crippen LogP contribution in [0.4, 0.5) is 11.5 Å². The first-order chi connectivity index (χ1) is 9.28. The Bertz CT molecular complexity index is 575. The van der Waals surface area contributed by atoms with Gasteiger partial charge in [0.05, 0.1) is 5.52 Å². The highest BCUT2D eigenvalue weighted by molar-refractivity contribution is 5.83. The molecule has 0 aliphatic heterocycles. The number of unbranched alkanes of at least 4 members (excludes halogenated alkanes) is 1. The normalized spacial score (nSPS) is 14.8. The summed E-state index contributed by atoms with van der Waals surface area (Å²) in [4.78, 5) is 7.27. The Morgan fingerprint density at radius 1 is 1.26 bits per heavy atom. The van der Waals surface area contributed by atoms with E-state index in [1.165, 1.54) is 25.7 Å². The van der Waals surface area contributed by atoms with E-state index < -0.39 is 0 Å². The Morgan fingerprint density at radius 3 is 2.84 bits per heavy atom. The Balaban J connectivity index is 1.92. The lowest BCUT2D eigenvalue weighted by Crippen LogP contribution is -2.27. The topological polar surface area (TPSA) is 42.1 Å². The molecule has 0 unspecified atom stereocenters. The van der Waals surface area contributed by atoms with Crippen LogP contribution in [0.15, 0.2) is 30.3 Å². The van der Waals surface area contributed by atoms with Crippen molar-refractivity contribution < 1.29 is 0 Å². The molecule has 3 heteroatoms. The van der Waals surface area contributed by atoms with E-state index >= 15 is 0 Å². The maximum absolute atomic E-state index is 5.81. The smallest absolute Gasteiger partial charge is 0.129 e. The molecule has 1 aromatic carbocycles. The van der Waals surface area contributed by atoms with Crippen molar-refractivity contribution in [2.24, 2.45) is 0 Å². The van der Waals surface area contributed by atoms with Crippen molar-refractivity contribution >= 4 is 22.4 Å². The van der Waals surface area contributed by atoms with Gasteiger partial charge in [-0.2, -0.15) is 0 Å². The second kappa shape index (κ2) is 5.08. The van der Waals surface area contributed by atoms with E-state index in [4.69, 9.17) is 10.7 Å². The molecule has 19 heavy (non-hydrogen) atoms. The summed E-state index contributed by atoms with van der Waals surface area (Å²) in [5.41, 5.74) is 7.64. The van der Waals surface area contributed by atoms with Crippen LogP contribution in [0, 0.1) is 0 Å². The number of nitrogen functional groups attached to an aromatic ring is 1. The highest BCUT2D eigenvalue weighted by Gasteiger charge is 2.29. The van der Waals surface area contributed by atoms with Crippen molar-refractivity contribution in [1.82, 2.24) is 4.98 Å². The summed E-state index contributed by atoms with van der Waals surface area (Å²) in [6, 6.07) is 10.9. The monoisotopic (exact) mass is 255 g/mol. The summed E-state index contributed by atoms with van der Waals surface area (Å²) >= 11 is 0. The fraction of sp³-hybridized carbons (Fsp3) is 0.438. The number of anilines is 2. The summed E-state index contributed by atoms with van der Waals surface area (Å²) in [6.45, 7) is 3.36. The van der Waals surface area contributed by atoms with Crippen molar-refractivity contribution in [3.8, 4) is 0 Å². The lowest BCUT2D eigenvalue weighted by molar-refractivity contribution is 0.706. The van der Waals surface area contributed by atoms with Gasteiger partial charge in [0.15, 0.2) is 0 Å². The number of fused-ring (bicyclic) bond motifs is 1. The van der Waals surface area contributed by atoms with Gasteiger partial charge in [-0.25, -0.2) is 4.98 Å². The average molecular weight is 255 g/mol. The Kier molecular flexibility index (Phi) is 3.28. The summed E-state index contributed by atoms with van der Waals surface area (Å²) in [5, 5.41) is 1.12. The number of hydrogen-bond donors (Lipinski definition) is 1. The summed E-state index contributed by atoms with van der Waals surface area (Å²) < 4.78 is 0. The molecule has 100 valence electrons. The van der Waals surface area contributed by atoms with Crippen LogP contribution in [0.3, 0.4) is 0 Å². The van der Waals surface area contributed by atoms with Crippen LogP contribution in [-0.4, -0.2) is 17.6 Å². The molecule has 2 aromatic rings. The molecule has 0 saturated heterocycles. The molecule has 2 N–H and O–H groups in total. The minimum Gasteiger partial charge on any atom is -0.399 e. The summed E-state index contributed by atoms with van der Waals surface area (Å²) in [6.07, 6.45) is 5.08. The first kappa shape index (κ1) is 12.3. The molecular formula is C16H21N3. The number of rotatable bonds is 5. The Labute approximate surface area is 114 Å². The fourth-order valence-electron chi connectivity index (χ4n) is 2.49. The predicted octanol–water partition coefficient (Wildman–Crippen LogP) is 3.59. The van der Waals surface area contributed by atoms with Gasteiger partial charge >= 0.3 is 0 Å². The van der Waals surface area contributed by atoms with Crippen LogP contribution in [-0.2, 0) is 0 Å². The third-order valence-electron chi connectivity index (χ3n) is 3.73. The first-order valence-corrected chi connectivity index (χ1v) is 7.21. The van der Waals surface area contributed by atoms with E-state index in [9.17, 15) is 0 Å². The van der Waals surface area contributed by atoms with Crippen molar-refractivity contribution in [3.05, 3.63) is 30.3 Å². The number of benzene rings is 1. The SMILES string of the molecule is CCCCN(c1ccc2cc(N)ccc2n1)C1CC1. The van der Waals surface area contributed by atoms with Crippen LogP contribution in [0.1, 0.15) is 32.6 Å².